The highest BCUT2D eigenvalue weighted by Crippen LogP contribution is 2.22. The molecule has 15 heavy (non-hydrogen) atoms. The van der Waals surface area contributed by atoms with Crippen LogP contribution in [0.2, 0.25) is 0 Å². The molecule has 0 aromatic heterocycles. The fraction of sp³-hybridized carbons (Fsp3) is 1.00. The molecule has 0 aromatic rings. The molecule has 0 spiro atoms. The largest absolute Gasteiger partial charge is 0.391 e. The van der Waals surface area contributed by atoms with Gasteiger partial charge in [-0.1, -0.05) is 0 Å². The topological polar surface area (TPSA) is 57.6 Å². The summed E-state index contributed by atoms with van der Waals surface area (Å²) in [5.74, 6) is 1.34. The zero-order valence-electron chi connectivity index (χ0n) is 9.43. The van der Waals surface area contributed by atoms with Crippen LogP contribution in [0.3, 0.4) is 0 Å². The molecule has 1 fully saturated rings. The average molecular weight is 253 g/mol. The first kappa shape index (κ1) is 13.3. The van der Waals surface area contributed by atoms with Crippen LogP contribution in [-0.4, -0.2) is 53.3 Å². The van der Waals surface area contributed by atoms with Gasteiger partial charge in [-0.2, -0.15) is 16.1 Å². The molecule has 1 atom stereocenters. The minimum absolute atomic E-state index is 0.168. The lowest BCUT2D eigenvalue weighted by Gasteiger charge is -2.36. The first-order valence-electron chi connectivity index (χ1n) is 5.00. The highest BCUT2D eigenvalue weighted by atomic mass is 32.2. The van der Waals surface area contributed by atoms with Crippen LogP contribution in [0.1, 0.15) is 20.8 Å². The predicted molar refractivity (Wildman–Crippen MR) is 63.6 cm³/mol. The molecular weight excluding hydrogens is 234 g/mol. The monoisotopic (exact) mass is 253 g/mol. The number of hydrogen-bond donors (Lipinski definition) is 1. The minimum atomic E-state index is -3.22. The molecule has 1 unspecified atom stereocenters. The smallest absolute Gasteiger partial charge is 0.215 e. The van der Waals surface area contributed by atoms with Crippen molar-refractivity contribution in [3.63, 3.8) is 0 Å². The van der Waals surface area contributed by atoms with Crippen LogP contribution in [0.25, 0.3) is 0 Å². The van der Waals surface area contributed by atoms with Gasteiger partial charge in [0.15, 0.2) is 0 Å². The summed E-state index contributed by atoms with van der Waals surface area (Å²) in [4.78, 5) is 0. The minimum Gasteiger partial charge on any atom is -0.391 e. The summed E-state index contributed by atoms with van der Waals surface area (Å²) < 4.78 is 25.3. The molecule has 0 bridgehead atoms. The quantitative estimate of drug-likeness (QED) is 0.684. The predicted octanol–water partition coefficient (Wildman–Crippen LogP) is 0.524. The third kappa shape index (κ3) is 3.62. The molecule has 1 heterocycles. The van der Waals surface area contributed by atoms with E-state index in [1.165, 1.54) is 16.1 Å². The van der Waals surface area contributed by atoms with Crippen LogP contribution in [-0.2, 0) is 10.0 Å². The Bertz CT molecular complexity index is 308. The number of β-amino-alcohol motifs (C(OH)–C–C–N with tert-alkyl or cyclic N) is 1. The fourth-order valence-electron chi connectivity index (χ4n) is 1.54. The summed E-state index contributed by atoms with van der Waals surface area (Å²) in [6, 6.07) is 0. The van der Waals surface area contributed by atoms with E-state index in [0.29, 0.717) is 11.5 Å². The Morgan fingerprint density at radius 1 is 1.40 bits per heavy atom. The molecule has 1 aliphatic rings. The van der Waals surface area contributed by atoms with E-state index in [1.54, 1.807) is 0 Å². The highest BCUT2D eigenvalue weighted by Gasteiger charge is 2.34. The van der Waals surface area contributed by atoms with Crippen LogP contribution < -0.4 is 0 Å². The maximum absolute atomic E-state index is 11.9. The first-order valence-corrected chi connectivity index (χ1v) is 7.76. The molecule has 6 heteroatoms. The van der Waals surface area contributed by atoms with E-state index in [-0.39, 0.29) is 12.3 Å². The Morgan fingerprint density at radius 2 is 2.00 bits per heavy atom. The van der Waals surface area contributed by atoms with Gasteiger partial charge in [-0.25, -0.2) is 8.42 Å². The molecule has 0 radical (unpaired) electrons. The average Bonchev–Trinajstić information content (AvgIpc) is 2.04. The summed E-state index contributed by atoms with van der Waals surface area (Å²) in [6.07, 6.45) is -0.565. The number of rotatable bonds is 0. The fourth-order valence-corrected chi connectivity index (χ4v) is 4.85. The Labute approximate surface area is 96.1 Å². The number of sulfonamides is 1. The standard InChI is InChI=1S/C9H19NO3S2/c1-9(2,3)10-6-8(11)7-14-4-5-15(10,12)13/h8,11H,4-7H2,1-3H3. The van der Waals surface area contributed by atoms with Gasteiger partial charge in [0.05, 0.1) is 11.9 Å². The molecule has 0 amide bonds. The zero-order valence-corrected chi connectivity index (χ0v) is 11.1. The van der Waals surface area contributed by atoms with Crippen LogP contribution in [0.4, 0.5) is 0 Å². The third-order valence-electron chi connectivity index (χ3n) is 2.26. The Balaban J connectivity index is 2.94. The molecular formula is C9H19NO3S2. The van der Waals surface area contributed by atoms with E-state index in [4.69, 9.17) is 0 Å². The van der Waals surface area contributed by atoms with Crippen molar-refractivity contribution in [3.05, 3.63) is 0 Å². The molecule has 0 aliphatic carbocycles. The zero-order chi connectivity index (χ0) is 11.7. The van der Waals surface area contributed by atoms with Gasteiger partial charge in [-0.15, -0.1) is 0 Å². The van der Waals surface area contributed by atoms with Gasteiger partial charge in [0, 0.05) is 23.6 Å². The van der Waals surface area contributed by atoms with Crippen molar-refractivity contribution in [1.82, 2.24) is 4.31 Å². The summed E-state index contributed by atoms with van der Waals surface area (Å²) in [5.41, 5.74) is -0.457. The van der Waals surface area contributed by atoms with Crippen LogP contribution in [0, 0.1) is 0 Å². The third-order valence-corrected chi connectivity index (χ3v) is 5.72. The molecule has 0 aromatic carbocycles. The lowest BCUT2D eigenvalue weighted by atomic mass is 10.1. The highest BCUT2D eigenvalue weighted by molar-refractivity contribution is 8.00. The molecule has 1 N–H and O–H groups in total. The van der Waals surface area contributed by atoms with Gasteiger partial charge in [-0.3, -0.25) is 0 Å². The van der Waals surface area contributed by atoms with E-state index < -0.39 is 21.7 Å². The number of aliphatic hydroxyl groups is 1. The second kappa shape index (κ2) is 4.61. The van der Waals surface area contributed by atoms with Crippen molar-refractivity contribution < 1.29 is 13.5 Å². The molecule has 1 rings (SSSR count). The molecule has 1 aliphatic heterocycles. The van der Waals surface area contributed by atoms with Crippen molar-refractivity contribution in [3.8, 4) is 0 Å². The Kier molecular flexibility index (Phi) is 4.08. The second-order valence-electron chi connectivity index (χ2n) is 4.75. The number of aliphatic hydroxyl groups excluding tert-OH is 1. The second-order valence-corrected chi connectivity index (χ2v) is 7.91. The summed E-state index contributed by atoms with van der Waals surface area (Å²) in [6.45, 7) is 5.77. The summed E-state index contributed by atoms with van der Waals surface area (Å²) >= 11 is 1.50. The SMILES string of the molecule is CC(C)(C)N1CC(O)CSCCS1(=O)=O. The molecule has 90 valence electrons. The first-order chi connectivity index (χ1) is 6.73. The van der Waals surface area contributed by atoms with Crippen molar-refractivity contribution in [2.24, 2.45) is 0 Å². The Hall–Kier alpha value is 0.220. The van der Waals surface area contributed by atoms with Crippen LogP contribution >= 0.6 is 11.8 Å². The normalized spacial score (nSPS) is 29.5. The summed E-state index contributed by atoms with van der Waals surface area (Å²) in [5, 5.41) is 9.65. The lowest BCUT2D eigenvalue weighted by Crippen LogP contribution is -2.51. The van der Waals surface area contributed by atoms with Gasteiger partial charge in [0.1, 0.15) is 0 Å². The van der Waals surface area contributed by atoms with Gasteiger partial charge < -0.3 is 5.11 Å². The van der Waals surface area contributed by atoms with E-state index in [2.05, 4.69) is 0 Å². The van der Waals surface area contributed by atoms with E-state index in [1.807, 2.05) is 20.8 Å². The van der Waals surface area contributed by atoms with Gasteiger partial charge in [0.2, 0.25) is 10.0 Å². The molecule has 0 saturated carbocycles. The number of hydrogen-bond acceptors (Lipinski definition) is 4. The molecule has 1 saturated heterocycles. The van der Waals surface area contributed by atoms with E-state index >= 15 is 0 Å². The van der Waals surface area contributed by atoms with Crippen molar-refractivity contribution >= 4 is 21.8 Å². The van der Waals surface area contributed by atoms with Gasteiger partial charge in [0.25, 0.3) is 0 Å². The van der Waals surface area contributed by atoms with Crippen molar-refractivity contribution in [2.45, 2.75) is 32.4 Å². The maximum atomic E-state index is 11.9. The van der Waals surface area contributed by atoms with Crippen molar-refractivity contribution in [1.29, 1.82) is 0 Å². The van der Waals surface area contributed by atoms with Crippen LogP contribution in [0.5, 0.6) is 0 Å². The Morgan fingerprint density at radius 3 is 2.53 bits per heavy atom. The summed E-state index contributed by atoms with van der Waals surface area (Å²) in [7, 11) is -3.22. The van der Waals surface area contributed by atoms with E-state index in [9.17, 15) is 13.5 Å². The number of thioether (sulfide) groups is 1. The van der Waals surface area contributed by atoms with Crippen LogP contribution in [0.15, 0.2) is 0 Å². The van der Waals surface area contributed by atoms with Gasteiger partial charge in [-0.05, 0) is 20.8 Å². The van der Waals surface area contributed by atoms with Gasteiger partial charge >= 0.3 is 0 Å². The van der Waals surface area contributed by atoms with E-state index in [0.717, 1.165) is 0 Å². The maximum Gasteiger partial charge on any atom is 0.215 e. The molecule has 4 nitrogen and oxygen atoms in total. The number of nitrogens with zero attached hydrogens (tertiary/aromatic N) is 1. The lowest BCUT2D eigenvalue weighted by molar-refractivity contribution is 0.130. The van der Waals surface area contributed by atoms with Crippen molar-refractivity contribution in [2.75, 3.05) is 23.8 Å².